The van der Waals surface area contributed by atoms with Crippen LogP contribution >= 0.6 is 0 Å². The maximum Gasteiger partial charge on any atom is 0.204 e. The number of hydrogen-bond acceptors (Lipinski definition) is 5. The summed E-state index contributed by atoms with van der Waals surface area (Å²) < 4.78 is 15.7. The average Bonchev–Trinajstić information content (AvgIpc) is 2.59. The van der Waals surface area contributed by atoms with Crippen molar-refractivity contribution in [2.45, 2.75) is 58.3 Å². The summed E-state index contributed by atoms with van der Waals surface area (Å²) in [5.74, 6) is 0.596. The molecule has 0 aliphatic carbocycles. The molecular weight excluding hydrogens is 308 g/mol. The van der Waals surface area contributed by atoms with Gasteiger partial charge in [-0.05, 0) is 6.42 Å². The first-order chi connectivity index (χ1) is 11.6. The monoisotopic (exact) mass is 338 g/mol. The molecule has 136 valence electrons. The van der Waals surface area contributed by atoms with Crippen molar-refractivity contribution in [3.05, 3.63) is 11.6 Å². The van der Waals surface area contributed by atoms with Crippen molar-refractivity contribution in [3.8, 4) is 23.0 Å². The molecule has 1 N–H and O–H groups in total. The highest BCUT2D eigenvalue weighted by molar-refractivity contribution is 6.02. The smallest absolute Gasteiger partial charge is 0.204 e. The van der Waals surface area contributed by atoms with Gasteiger partial charge in [0.25, 0.3) is 0 Å². The number of Topliss-reactive ketones (excluding diaryl/α,β-unsaturated/α-hetero) is 1. The Morgan fingerprint density at radius 3 is 2.04 bits per heavy atom. The maximum absolute atomic E-state index is 12.5. The molecule has 24 heavy (non-hydrogen) atoms. The van der Waals surface area contributed by atoms with Crippen molar-refractivity contribution in [2.75, 3.05) is 21.3 Å². The van der Waals surface area contributed by atoms with Crippen LogP contribution in [0.25, 0.3) is 0 Å². The SMILES string of the molecule is CCCCCCCCCC(=O)c1c(O)cc(OC)c(OC)c1OC. The molecule has 0 saturated heterocycles. The van der Waals surface area contributed by atoms with Gasteiger partial charge in [-0.25, -0.2) is 0 Å². The number of carbonyl (C=O) groups is 1. The van der Waals surface area contributed by atoms with Crippen LogP contribution in [0.15, 0.2) is 6.07 Å². The van der Waals surface area contributed by atoms with Crippen LogP contribution in [0.1, 0.15) is 68.6 Å². The Balaban J connectivity index is 2.73. The van der Waals surface area contributed by atoms with E-state index in [9.17, 15) is 9.90 Å². The maximum atomic E-state index is 12.5. The number of phenols is 1. The highest BCUT2D eigenvalue weighted by atomic mass is 16.5. The summed E-state index contributed by atoms with van der Waals surface area (Å²) in [5, 5.41) is 10.2. The van der Waals surface area contributed by atoms with Gasteiger partial charge >= 0.3 is 0 Å². The lowest BCUT2D eigenvalue weighted by Gasteiger charge is -2.16. The number of rotatable bonds is 12. The Hall–Kier alpha value is -1.91. The topological polar surface area (TPSA) is 65.0 Å². The van der Waals surface area contributed by atoms with E-state index in [2.05, 4.69) is 6.92 Å². The highest BCUT2D eigenvalue weighted by Crippen LogP contribution is 2.45. The number of ketones is 1. The molecule has 1 aromatic rings. The van der Waals surface area contributed by atoms with Gasteiger partial charge in [0.05, 0.1) is 21.3 Å². The van der Waals surface area contributed by atoms with Crippen molar-refractivity contribution in [1.82, 2.24) is 0 Å². The summed E-state index contributed by atoms with van der Waals surface area (Å²) >= 11 is 0. The van der Waals surface area contributed by atoms with E-state index in [-0.39, 0.29) is 22.8 Å². The van der Waals surface area contributed by atoms with Crippen LogP contribution in [0.5, 0.6) is 23.0 Å². The minimum Gasteiger partial charge on any atom is -0.507 e. The molecule has 0 aliphatic rings. The number of unbranched alkanes of at least 4 members (excludes halogenated alkanes) is 6. The van der Waals surface area contributed by atoms with Gasteiger partial charge in [0.15, 0.2) is 17.3 Å². The summed E-state index contributed by atoms with van der Waals surface area (Å²) in [6, 6.07) is 1.39. The van der Waals surface area contributed by atoms with E-state index in [1.807, 2.05) is 0 Å². The number of benzene rings is 1. The van der Waals surface area contributed by atoms with E-state index >= 15 is 0 Å². The number of methoxy groups -OCH3 is 3. The van der Waals surface area contributed by atoms with Gasteiger partial charge < -0.3 is 19.3 Å². The molecule has 0 atom stereocenters. The summed E-state index contributed by atoms with van der Waals surface area (Å²) in [5.41, 5.74) is 0.168. The van der Waals surface area contributed by atoms with E-state index in [1.54, 1.807) is 0 Å². The van der Waals surface area contributed by atoms with E-state index in [0.29, 0.717) is 17.9 Å². The van der Waals surface area contributed by atoms with Gasteiger partial charge in [-0.3, -0.25) is 4.79 Å². The average molecular weight is 338 g/mol. The molecule has 0 spiro atoms. The quantitative estimate of drug-likeness (QED) is 0.440. The molecule has 0 fully saturated rings. The zero-order valence-corrected chi connectivity index (χ0v) is 15.3. The minimum atomic E-state index is -0.141. The second kappa shape index (κ2) is 10.8. The normalized spacial score (nSPS) is 10.5. The van der Waals surface area contributed by atoms with Crippen LogP contribution in [0.4, 0.5) is 0 Å². The second-order valence-corrected chi connectivity index (χ2v) is 5.83. The third-order valence-electron chi connectivity index (χ3n) is 4.10. The number of phenolic OH excluding ortho intramolecular Hbond substituents is 1. The van der Waals surface area contributed by atoms with Gasteiger partial charge in [-0.2, -0.15) is 0 Å². The number of ether oxygens (including phenoxy) is 3. The number of hydrogen-bond donors (Lipinski definition) is 1. The van der Waals surface area contributed by atoms with Crippen LogP contribution in [-0.4, -0.2) is 32.2 Å². The van der Waals surface area contributed by atoms with Crippen molar-refractivity contribution in [3.63, 3.8) is 0 Å². The van der Waals surface area contributed by atoms with Gasteiger partial charge in [0.1, 0.15) is 11.3 Å². The second-order valence-electron chi connectivity index (χ2n) is 5.83. The van der Waals surface area contributed by atoms with Crippen LogP contribution in [0, 0.1) is 0 Å². The first kappa shape index (κ1) is 20.1. The molecule has 1 aromatic carbocycles. The summed E-state index contributed by atoms with van der Waals surface area (Å²) in [6.45, 7) is 2.20. The fourth-order valence-corrected chi connectivity index (χ4v) is 2.78. The van der Waals surface area contributed by atoms with E-state index < -0.39 is 0 Å². The first-order valence-electron chi connectivity index (χ1n) is 8.65. The zero-order valence-electron chi connectivity index (χ0n) is 15.3. The Labute approximate surface area is 144 Å². The lowest BCUT2D eigenvalue weighted by Crippen LogP contribution is -2.05. The molecule has 5 heteroatoms. The Morgan fingerprint density at radius 2 is 1.50 bits per heavy atom. The molecule has 1 rings (SSSR count). The van der Waals surface area contributed by atoms with Crippen molar-refractivity contribution in [1.29, 1.82) is 0 Å². The predicted molar refractivity (Wildman–Crippen MR) is 94.7 cm³/mol. The van der Waals surface area contributed by atoms with Crippen LogP contribution in [0.3, 0.4) is 0 Å². The lowest BCUT2D eigenvalue weighted by atomic mass is 10.0. The van der Waals surface area contributed by atoms with Gasteiger partial charge in [0.2, 0.25) is 5.75 Å². The Bertz CT molecular complexity index is 525. The molecule has 0 saturated carbocycles. The minimum absolute atomic E-state index is 0.140. The van der Waals surface area contributed by atoms with Crippen molar-refractivity contribution < 1.29 is 24.1 Å². The summed E-state index contributed by atoms with van der Waals surface area (Å²) in [4.78, 5) is 12.5. The van der Waals surface area contributed by atoms with Gasteiger partial charge in [-0.15, -0.1) is 0 Å². The van der Waals surface area contributed by atoms with Crippen molar-refractivity contribution >= 4 is 5.78 Å². The third kappa shape index (κ3) is 5.32. The summed E-state index contributed by atoms with van der Waals surface area (Å²) in [6.07, 6.45) is 8.33. The fraction of sp³-hybridized carbons (Fsp3) is 0.632. The molecule has 0 aromatic heterocycles. The van der Waals surface area contributed by atoms with Crippen molar-refractivity contribution in [2.24, 2.45) is 0 Å². The standard InChI is InChI=1S/C19H30O5/c1-5-6-7-8-9-10-11-12-14(20)17-15(21)13-16(22-2)18(23-3)19(17)24-4/h13,21H,5-12H2,1-4H3. The van der Waals surface area contributed by atoms with Crippen LogP contribution < -0.4 is 14.2 Å². The lowest BCUT2D eigenvalue weighted by molar-refractivity contribution is 0.0972. The third-order valence-corrected chi connectivity index (χ3v) is 4.10. The molecular formula is C19H30O5. The summed E-state index contributed by atoms with van der Waals surface area (Å²) in [7, 11) is 4.39. The Morgan fingerprint density at radius 1 is 0.917 bits per heavy atom. The molecule has 0 bridgehead atoms. The van der Waals surface area contributed by atoms with E-state index in [0.717, 1.165) is 19.3 Å². The zero-order chi connectivity index (χ0) is 17.9. The predicted octanol–water partition coefficient (Wildman–Crippen LogP) is 4.74. The molecule has 0 heterocycles. The number of aromatic hydroxyl groups is 1. The van der Waals surface area contributed by atoms with Gasteiger partial charge in [0, 0.05) is 12.5 Å². The van der Waals surface area contributed by atoms with E-state index in [1.165, 1.54) is 53.1 Å². The number of carbonyl (C=O) groups excluding carboxylic acids is 1. The Kier molecular flexibility index (Phi) is 9.05. The molecule has 5 nitrogen and oxygen atoms in total. The van der Waals surface area contributed by atoms with Crippen LogP contribution in [0.2, 0.25) is 0 Å². The fourth-order valence-electron chi connectivity index (χ4n) is 2.78. The van der Waals surface area contributed by atoms with Gasteiger partial charge in [-0.1, -0.05) is 45.4 Å². The molecule has 0 radical (unpaired) electrons. The highest BCUT2D eigenvalue weighted by Gasteiger charge is 2.24. The molecule has 0 aliphatic heterocycles. The van der Waals surface area contributed by atoms with Crippen LogP contribution in [-0.2, 0) is 0 Å². The first-order valence-corrected chi connectivity index (χ1v) is 8.65. The van der Waals surface area contributed by atoms with E-state index in [4.69, 9.17) is 14.2 Å². The molecule has 0 unspecified atom stereocenters. The molecule has 0 amide bonds. The largest absolute Gasteiger partial charge is 0.507 e.